The van der Waals surface area contributed by atoms with Gasteiger partial charge in [-0.1, -0.05) is 0 Å². The highest BCUT2D eigenvalue weighted by Gasteiger charge is 2.30. The molecule has 2 saturated heterocycles. The predicted molar refractivity (Wildman–Crippen MR) is 49.8 cm³/mol. The van der Waals surface area contributed by atoms with Gasteiger partial charge >= 0.3 is 0 Å². The predicted octanol–water partition coefficient (Wildman–Crippen LogP) is -0.695. The molecule has 2 fully saturated rings. The molecule has 2 aliphatic rings. The highest BCUT2D eigenvalue weighted by Crippen LogP contribution is 2.14. The SMILES string of the molecule is CNC[C@H]1CN(C2COC2)CCO1. The summed E-state index contributed by atoms with van der Waals surface area (Å²) in [6.45, 7) is 5.74. The van der Waals surface area contributed by atoms with Crippen LogP contribution in [0, 0.1) is 0 Å². The number of morpholine rings is 1. The summed E-state index contributed by atoms with van der Waals surface area (Å²) in [6.07, 6.45) is 0.361. The summed E-state index contributed by atoms with van der Waals surface area (Å²) in [5.41, 5.74) is 0. The molecule has 0 aromatic heterocycles. The molecule has 2 rings (SSSR count). The van der Waals surface area contributed by atoms with Crippen molar-refractivity contribution >= 4 is 0 Å². The highest BCUT2D eigenvalue weighted by molar-refractivity contribution is 4.82. The molecule has 2 aliphatic heterocycles. The van der Waals surface area contributed by atoms with Crippen molar-refractivity contribution in [3.05, 3.63) is 0 Å². The second-order valence-corrected chi connectivity index (χ2v) is 3.74. The topological polar surface area (TPSA) is 33.7 Å². The third-order valence-electron chi connectivity index (χ3n) is 2.74. The first-order valence-corrected chi connectivity index (χ1v) is 4.98. The first-order chi connectivity index (χ1) is 6.40. The monoisotopic (exact) mass is 186 g/mol. The fraction of sp³-hybridized carbons (Fsp3) is 1.00. The zero-order valence-electron chi connectivity index (χ0n) is 8.16. The summed E-state index contributed by atoms with van der Waals surface area (Å²) in [5.74, 6) is 0. The number of hydrogen-bond acceptors (Lipinski definition) is 4. The van der Waals surface area contributed by atoms with Gasteiger partial charge < -0.3 is 14.8 Å². The van der Waals surface area contributed by atoms with Crippen LogP contribution in [0.4, 0.5) is 0 Å². The Balaban J connectivity index is 1.77. The molecule has 0 saturated carbocycles. The van der Waals surface area contributed by atoms with E-state index in [0.29, 0.717) is 12.1 Å². The van der Waals surface area contributed by atoms with E-state index in [0.717, 1.165) is 39.5 Å². The van der Waals surface area contributed by atoms with Crippen LogP contribution in [-0.4, -0.2) is 63.5 Å². The molecule has 0 bridgehead atoms. The van der Waals surface area contributed by atoms with Gasteiger partial charge in [-0.15, -0.1) is 0 Å². The molecular formula is C9H18N2O2. The van der Waals surface area contributed by atoms with Crippen LogP contribution in [0.15, 0.2) is 0 Å². The van der Waals surface area contributed by atoms with Gasteiger partial charge in [-0.2, -0.15) is 0 Å². The van der Waals surface area contributed by atoms with E-state index in [1.807, 2.05) is 7.05 Å². The molecule has 1 atom stereocenters. The van der Waals surface area contributed by atoms with E-state index in [-0.39, 0.29) is 0 Å². The van der Waals surface area contributed by atoms with Crippen molar-refractivity contribution in [1.29, 1.82) is 0 Å². The van der Waals surface area contributed by atoms with Gasteiger partial charge in [0.2, 0.25) is 0 Å². The van der Waals surface area contributed by atoms with Gasteiger partial charge in [0.05, 0.1) is 32.0 Å². The number of hydrogen-bond donors (Lipinski definition) is 1. The van der Waals surface area contributed by atoms with Crippen LogP contribution in [0.2, 0.25) is 0 Å². The van der Waals surface area contributed by atoms with Crippen LogP contribution in [0.5, 0.6) is 0 Å². The Morgan fingerprint density at radius 2 is 2.31 bits per heavy atom. The van der Waals surface area contributed by atoms with Crippen molar-refractivity contribution in [3.63, 3.8) is 0 Å². The maximum Gasteiger partial charge on any atom is 0.0826 e. The second-order valence-electron chi connectivity index (χ2n) is 3.74. The van der Waals surface area contributed by atoms with Gasteiger partial charge in [0.1, 0.15) is 0 Å². The van der Waals surface area contributed by atoms with Crippen molar-refractivity contribution in [2.75, 3.05) is 46.5 Å². The van der Waals surface area contributed by atoms with Crippen molar-refractivity contribution in [2.24, 2.45) is 0 Å². The summed E-state index contributed by atoms with van der Waals surface area (Å²) < 4.78 is 10.8. The van der Waals surface area contributed by atoms with Crippen molar-refractivity contribution in [3.8, 4) is 0 Å². The van der Waals surface area contributed by atoms with Crippen LogP contribution in [0.1, 0.15) is 0 Å². The zero-order valence-corrected chi connectivity index (χ0v) is 8.16. The van der Waals surface area contributed by atoms with Gasteiger partial charge in [0.25, 0.3) is 0 Å². The van der Waals surface area contributed by atoms with E-state index < -0.39 is 0 Å². The zero-order chi connectivity index (χ0) is 9.10. The van der Waals surface area contributed by atoms with Crippen LogP contribution in [-0.2, 0) is 9.47 Å². The highest BCUT2D eigenvalue weighted by atomic mass is 16.5. The molecule has 0 aliphatic carbocycles. The summed E-state index contributed by atoms with van der Waals surface area (Å²) in [6, 6.07) is 0.656. The van der Waals surface area contributed by atoms with E-state index in [4.69, 9.17) is 9.47 Å². The first-order valence-electron chi connectivity index (χ1n) is 4.98. The minimum absolute atomic E-state index is 0.361. The van der Waals surface area contributed by atoms with Gasteiger partial charge in [0.15, 0.2) is 0 Å². The van der Waals surface area contributed by atoms with Gasteiger partial charge in [-0.05, 0) is 7.05 Å². The summed E-state index contributed by atoms with van der Waals surface area (Å²) in [4.78, 5) is 2.48. The molecule has 0 radical (unpaired) electrons. The molecule has 0 unspecified atom stereocenters. The maximum absolute atomic E-state index is 5.62. The third-order valence-corrected chi connectivity index (χ3v) is 2.74. The molecule has 4 nitrogen and oxygen atoms in total. The maximum atomic E-state index is 5.62. The Hall–Kier alpha value is -0.160. The van der Waals surface area contributed by atoms with Gasteiger partial charge in [-0.3, -0.25) is 4.90 Å². The minimum atomic E-state index is 0.361. The normalized spacial score (nSPS) is 31.6. The molecule has 0 aromatic rings. The Kier molecular flexibility index (Phi) is 3.16. The van der Waals surface area contributed by atoms with Crippen molar-refractivity contribution in [2.45, 2.75) is 12.1 Å². The fourth-order valence-electron chi connectivity index (χ4n) is 1.86. The Bertz CT molecular complexity index is 160. The van der Waals surface area contributed by atoms with Crippen molar-refractivity contribution < 1.29 is 9.47 Å². The summed E-state index contributed by atoms with van der Waals surface area (Å²) in [5, 5.41) is 3.15. The number of nitrogens with one attached hydrogen (secondary N) is 1. The lowest BCUT2D eigenvalue weighted by atomic mass is 10.1. The quantitative estimate of drug-likeness (QED) is 0.632. The summed E-state index contributed by atoms with van der Waals surface area (Å²) in [7, 11) is 1.97. The van der Waals surface area contributed by atoms with Crippen LogP contribution < -0.4 is 5.32 Å². The lowest BCUT2D eigenvalue weighted by Crippen LogP contribution is -2.56. The number of nitrogens with zero attached hydrogens (tertiary/aromatic N) is 1. The minimum Gasteiger partial charge on any atom is -0.378 e. The van der Waals surface area contributed by atoms with E-state index in [9.17, 15) is 0 Å². The lowest BCUT2D eigenvalue weighted by molar-refractivity contribution is -0.112. The summed E-state index contributed by atoms with van der Waals surface area (Å²) >= 11 is 0. The standard InChI is InChI=1S/C9H18N2O2/c1-10-4-9-5-11(2-3-13-9)8-6-12-7-8/h8-10H,2-7H2,1H3/t9-/m0/s1. The molecule has 0 aromatic carbocycles. The number of ether oxygens (including phenoxy) is 2. The Morgan fingerprint density at radius 3 is 2.92 bits per heavy atom. The van der Waals surface area contributed by atoms with E-state index >= 15 is 0 Å². The van der Waals surface area contributed by atoms with Crippen molar-refractivity contribution in [1.82, 2.24) is 10.2 Å². The second kappa shape index (κ2) is 4.37. The number of rotatable bonds is 3. The molecule has 4 heteroatoms. The molecule has 0 amide bonds. The molecule has 0 spiro atoms. The third kappa shape index (κ3) is 2.20. The van der Waals surface area contributed by atoms with Crippen LogP contribution in [0.25, 0.3) is 0 Å². The van der Waals surface area contributed by atoms with Gasteiger partial charge in [-0.25, -0.2) is 0 Å². The van der Waals surface area contributed by atoms with Gasteiger partial charge in [0, 0.05) is 19.6 Å². The molecule has 13 heavy (non-hydrogen) atoms. The Morgan fingerprint density at radius 1 is 1.46 bits per heavy atom. The average molecular weight is 186 g/mol. The lowest BCUT2D eigenvalue weighted by Gasteiger charge is -2.41. The molecular weight excluding hydrogens is 168 g/mol. The van der Waals surface area contributed by atoms with E-state index in [2.05, 4.69) is 10.2 Å². The van der Waals surface area contributed by atoms with E-state index in [1.165, 1.54) is 0 Å². The first kappa shape index (κ1) is 9.40. The van der Waals surface area contributed by atoms with Crippen LogP contribution >= 0.6 is 0 Å². The van der Waals surface area contributed by atoms with E-state index in [1.54, 1.807) is 0 Å². The van der Waals surface area contributed by atoms with Crippen LogP contribution in [0.3, 0.4) is 0 Å². The molecule has 2 heterocycles. The average Bonchev–Trinajstić information content (AvgIpc) is 2.02. The number of likely N-dealkylation sites (N-methyl/N-ethyl adjacent to an activating group) is 1. The Labute approximate surface area is 79.2 Å². The molecule has 76 valence electrons. The molecule has 1 N–H and O–H groups in total. The fourth-order valence-corrected chi connectivity index (χ4v) is 1.86. The smallest absolute Gasteiger partial charge is 0.0826 e. The largest absolute Gasteiger partial charge is 0.378 e.